The maximum atomic E-state index is 12.3. The maximum Gasteiger partial charge on any atom is 0.234 e. The number of nitrogens with zero attached hydrogens (tertiary/aromatic N) is 2. The topological polar surface area (TPSA) is 44.8 Å². The lowest BCUT2D eigenvalue weighted by atomic mass is 10.0. The Hall–Kier alpha value is -0.850. The van der Waals surface area contributed by atoms with Crippen LogP contribution in [-0.2, 0) is 16.1 Å². The van der Waals surface area contributed by atoms with E-state index >= 15 is 0 Å². The number of likely N-dealkylation sites (N-methyl/N-ethyl adjacent to an activating group) is 1. The summed E-state index contributed by atoms with van der Waals surface area (Å²) in [5.41, 5.74) is 0.826. The fourth-order valence-electron chi connectivity index (χ4n) is 2.91. The molecule has 140 valence electrons. The van der Waals surface area contributed by atoms with E-state index in [2.05, 4.69) is 24.1 Å². The van der Waals surface area contributed by atoms with Gasteiger partial charge in [0.15, 0.2) is 0 Å². The van der Waals surface area contributed by atoms with Crippen LogP contribution in [0.3, 0.4) is 0 Å². The number of carbonyl (C=O) groups is 1. The smallest absolute Gasteiger partial charge is 0.234 e. The Bertz CT molecular complexity index is 590. The minimum absolute atomic E-state index is 0.00184. The number of benzene rings is 1. The minimum Gasteiger partial charge on any atom is -0.379 e. The maximum absolute atomic E-state index is 12.3. The van der Waals surface area contributed by atoms with Gasteiger partial charge in [0, 0.05) is 31.7 Å². The van der Waals surface area contributed by atoms with E-state index < -0.39 is 0 Å². The summed E-state index contributed by atoms with van der Waals surface area (Å²) in [7, 11) is 1.89. The van der Waals surface area contributed by atoms with E-state index in [0.29, 0.717) is 29.7 Å². The zero-order valence-corrected chi connectivity index (χ0v) is 16.7. The minimum atomic E-state index is -0.0890. The molecule has 0 atom stereocenters. The monoisotopic (exact) mass is 387 g/mol. The quantitative estimate of drug-likeness (QED) is 0.780. The Labute approximate surface area is 160 Å². The first-order valence-corrected chi connectivity index (χ1v) is 9.26. The van der Waals surface area contributed by atoms with E-state index in [-0.39, 0.29) is 11.4 Å². The Balaban J connectivity index is 1.80. The fraction of sp³-hybridized carbons (Fsp3) is 0.611. The molecule has 0 unspecified atom stereocenters. The molecule has 1 aliphatic heterocycles. The zero-order valence-electron chi connectivity index (χ0n) is 15.1. The summed E-state index contributed by atoms with van der Waals surface area (Å²) in [6.07, 6.45) is 0. The van der Waals surface area contributed by atoms with Crippen LogP contribution in [0.4, 0.5) is 0 Å². The van der Waals surface area contributed by atoms with Crippen LogP contribution in [-0.4, -0.2) is 67.7 Å². The molecule has 2 rings (SSSR count). The van der Waals surface area contributed by atoms with Crippen LogP contribution in [0, 0.1) is 0 Å². The van der Waals surface area contributed by atoms with Gasteiger partial charge < -0.3 is 10.1 Å². The molecule has 1 heterocycles. The Morgan fingerprint density at radius 3 is 2.68 bits per heavy atom. The average Bonchev–Trinajstić information content (AvgIpc) is 2.58. The number of morpholine rings is 1. The number of hydrogen-bond donors (Lipinski definition) is 1. The molecule has 1 aliphatic rings. The number of carbonyl (C=O) groups excluding carboxylic acids is 1. The molecule has 0 spiro atoms. The summed E-state index contributed by atoms with van der Waals surface area (Å²) < 4.78 is 5.39. The predicted octanol–water partition coefficient (Wildman–Crippen LogP) is 2.65. The molecule has 5 nitrogen and oxygen atoms in total. The van der Waals surface area contributed by atoms with Crippen LogP contribution in [0.25, 0.3) is 0 Å². The van der Waals surface area contributed by atoms with Gasteiger partial charge in [-0.1, -0.05) is 35.3 Å². The van der Waals surface area contributed by atoms with Crippen LogP contribution in [0.15, 0.2) is 18.2 Å². The second-order valence-electron chi connectivity index (χ2n) is 7.07. The van der Waals surface area contributed by atoms with Gasteiger partial charge in [-0.15, -0.1) is 0 Å². The fourth-order valence-corrected chi connectivity index (χ4v) is 3.29. The number of hydrogen-bond acceptors (Lipinski definition) is 4. The van der Waals surface area contributed by atoms with Crippen molar-refractivity contribution in [3.8, 4) is 0 Å². The van der Waals surface area contributed by atoms with Crippen molar-refractivity contribution in [1.29, 1.82) is 0 Å². The summed E-state index contributed by atoms with van der Waals surface area (Å²) >= 11 is 12.2. The predicted molar refractivity (Wildman–Crippen MR) is 102 cm³/mol. The third-order valence-corrected chi connectivity index (χ3v) is 5.33. The highest BCUT2D eigenvalue weighted by molar-refractivity contribution is 6.42. The molecule has 1 saturated heterocycles. The van der Waals surface area contributed by atoms with E-state index in [9.17, 15) is 4.79 Å². The van der Waals surface area contributed by atoms with Crippen molar-refractivity contribution >= 4 is 29.1 Å². The van der Waals surface area contributed by atoms with E-state index in [4.69, 9.17) is 27.9 Å². The van der Waals surface area contributed by atoms with Crippen molar-refractivity contribution in [3.63, 3.8) is 0 Å². The highest BCUT2D eigenvalue weighted by atomic mass is 35.5. The number of amides is 1. The second kappa shape index (κ2) is 9.19. The number of halogens is 2. The number of rotatable bonds is 7. The van der Waals surface area contributed by atoms with Gasteiger partial charge in [0.25, 0.3) is 0 Å². The first-order chi connectivity index (χ1) is 11.8. The largest absolute Gasteiger partial charge is 0.379 e. The first-order valence-electron chi connectivity index (χ1n) is 8.50. The molecule has 1 aromatic rings. The molecule has 25 heavy (non-hydrogen) atoms. The lowest BCUT2D eigenvalue weighted by Crippen LogP contribution is -2.56. The average molecular weight is 388 g/mol. The SMILES string of the molecule is CN(CC(=O)NCC(C)(C)N1CCOCC1)Cc1cccc(Cl)c1Cl. The molecule has 1 amide bonds. The second-order valence-corrected chi connectivity index (χ2v) is 7.86. The summed E-state index contributed by atoms with van der Waals surface area (Å²) in [4.78, 5) is 16.5. The van der Waals surface area contributed by atoms with Crippen molar-refractivity contribution in [1.82, 2.24) is 15.1 Å². The van der Waals surface area contributed by atoms with Crippen molar-refractivity contribution in [2.75, 3.05) is 46.4 Å². The van der Waals surface area contributed by atoms with Crippen molar-refractivity contribution in [3.05, 3.63) is 33.8 Å². The molecule has 0 aliphatic carbocycles. The van der Waals surface area contributed by atoms with Gasteiger partial charge >= 0.3 is 0 Å². The highest BCUT2D eigenvalue weighted by Gasteiger charge is 2.28. The van der Waals surface area contributed by atoms with Gasteiger partial charge in [-0.2, -0.15) is 0 Å². The first kappa shape index (κ1) is 20.5. The van der Waals surface area contributed by atoms with Crippen LogP contribution in [0.1, 0.15) is 19.4 Å². The molecule has 0 aromatic heterocycles. The van der Waals surface area contributed by atoms with Crippen molar-refractivity contribution in [2.24, 2.45) is 0 Å². The summed E-state index contributed by atoms with van der Waals surface area (Å²) in [5.74, 6) is 0.00184. The van der Waals surface area contributed by atoms with E-state index in [1.165, 1.54) is 0 Å². The summed E-state index contributed by atoms with van der Waals surface area (Å²) in [6, 6.07) is 5.54. The van der Waals surface area contributed by atoms with Gasteiger partial charge in [-0.25, -0.2) is 0 Å². The normalized spacial score (nSPS) is 16.2. The van der Waals surface area contributed by atoms with Crippen LogP contribution >= 0.6 is 23.2 Å². The van der Waals surface area contributed by atoms with Gasteiger partial charge in [0.1, 0.15) is 0 Å². The Morgan fingerprint density at radius 2 is 2.00 bits per heavy atom. The Morgan fingerprint density at radius 1 is 1.32 bits per heavy atom. The molecule has 0 radical (unpaired) electrons. The lowest BCUT2D eigenvalue weighted by Gasteiger charge is -2.40. The standard InChI is InChI=1S/C18H27Cl2N3O2/c1-18(2,23-7-9-25-10-8-23)13-21-16(24)12-22(3)11-14-5-4-6-15(19)17(14)20/h4-6H,7-13H2,1-3H3,(H,21,24). The number of nitrogens with one attached hydrogen (secondary N) is 1. The van der Waals surface area contributed by atoms with Crippen LogP contribution in [0.2, 0.25) is 10.0 Å². The van der Waals surface area contributed by atoms with Gasteiger partial charge in [0.2, 0.25) is 5.91 Å². The van der Waals surface area contributed by atoms with E-state index in [1.54, 1.807) is 6.07 Å². The molecule has 0 saturated carbocycles. The molecule has 7 heteroatoms. The lowest BCUT2D eigenvalue weighted by molar-refractivity contribution is -0.122. The van der Waals surface area contributed by atoms with Crippen LogP contribution in [0.5, 0.6) is 0 Å². The molecular weight excluding hydrogens is 361 g/mol. The van der Waals surface area contributed by atoms with Crippen molar-refractivity contribution < 1.29 is 9.53 Å². The molecule has 1 aromatic carbocycles. The third kappa shape index (κ3) is 6.12. The molecular formula is C18H27Cl2N3O2. The molecule has 0 bridgehead atoms. The van der Waals surface area contributed by atoms with E-state index in [1.807, 2.05) is 24.1 Å². The third-order valence-electron chi connectivity index (χ3n) is 4.47. The summed E-state index contributed by atoms with van der Waals surface area (Å²) in [5, 5.41) is 4.12. The molecule has 1 fully saturated rings. The zero-order chi connectivity index (χ0) is 18.4. The van der Waals surface area contributed by atoms with Crippen LogP contribution < -0.4 is 5.32 Å². The molecule has 1 N–H and O–H groups in total. The van der Waals surface area contributed by atoms with Gasteiger partial charge in [-0.05, 0) is 32.5 Å². The summed E-state index contributed by atoms with van der Waals surface area (Å²) in [6.45, 7) is 9.08. The highest BCUT2D eigenvalue weighted by Crippen LogP contribution is 2.26. The van der Waals surface area contributed by atoms with Gasteiger partial charge in [0.05, 0.1) is 29.8 Å². The van der Waals surface area contributed by atoms with Gasteiger partial charge in [-0.3, -0.25) is 14.6 Å². The number of ether oxygens (including phenoxy) is 1. The Kier molecular flexibility index (Phi) is 7.52. The van der Waals surface area contributed by atoms with E-state index in [0.717, 1.165) is 31.9 Å². The van der Waals surface area contributed by atoms with Crippen molar-refractivity contribution in [2.45, 2.75) is 25.9 Å².